The molecule has 1 aromatic carbocycles. The largest absolute Gasteiger partial charge is 0.496 e. The molecular formula is C18H21N3O3. The number of likely N-dealkylation sites (tertiary alicyclic amines) is 1. The van der Waals surface area contributed by atoms with E-state index in [-0.39, 0.29) is 12.0 Å². The topological polar surface area (TPSA) is 64.5 Å². The van der Waals surface area contributed by atoms with Gasteiger partial charge in [0.25, 0.3) is 5.91 Å². The van der Waals surface area contributed by atoms with E-state index in [1.54, 1.807) is 19.2 Å². The molecule has 2 heterocycles. The maximum absolute atomic E-state index is 12.8. The van der Waals surface area contributed by atoms with E-state index in [0.29, 0.717) is 23.7 Å². The Morgan fingerprint density at radius 2 is 2.04 bits per heavy atom. The second kappa shape index (κ2) is 7.29. The standard InChI is InChI=1S/C18H21N3O3/c1-13-9-10-17(20-19-13)24-14-6-5-11-21(12-14)18(22)15-7-3-4-8-16(15)23-2/h3-4,7-10,14H,5-6,11-12H2,1-2H3. The lowest BCUT2D eigenvalue weighted by atomic mass is 10.1. The first-order chi connectivity index (χ1) is 11.7. The molecule has 1 fully saturated rings. The van der Waals surface area contributed by atoms with E-state index in [1.165, 1.54) is 0 Å². The Kier molecular flexibility index (Phi) is 4.93. The number of nitrogens with zero attached hydrogens (tertiary/aromatic N) is 3. The Morgan fingerprint density at radius 3 is 2.79 bits per heavy atom. The minimum absolute atomic E-state index is 0.0317. The Labute approximate surface area is 141 Å². The van der Waals surface area contributed by atoms with E-state index in [9.17, 15) is 4.79 Å². The molecule has 1 aromatic heterocycles. The van der Waals surface area contributed by atoms with Gasteiger partial charge >= 0.3 is 0 Å². The number of aryl methyl sites for hydroxylation is 1. The van der Waals surface area contributed by atoms with E-state index >= 15 is 0 Å². The molecule has 1 amide bonds. The Balaban J connectivity index is 1.68. The number of carbonyl (C=O) groups excluding carboxylic acids is 1. The first-order valence-corrected chi connectivity index (χ1v) is 8.06. The number of aromatic nitrogens is 2. The summed E-state index contributed by atoms with van der Waals surface area (Å²) in [5.41, 5.74) is 1.43. The summed E-state index contributed by atoms with van der Waals surface area (Å²) in [5.74, 6) is 1.06. The number of methoxy groups -OCH3 is 1. The van der Waals surface area contributed by atoms with Gasteiger partial charge in [0.15, 0.2) is 0 Å². The zero-order valence-electron chi connectivity index (χ0n) is 13.9. The minimum Gasteiger partial charge on any atom is -0.496 e. The minimum atomic E-state index is -0.0746. The summed E-state index contributed by atoms with van der Waals surface area (Å²) >= 11 is 0. The summed E-state index contributed by atoms with van der Waals surface area (Å²) in [6.07, 6.45) is 1.71. The maximum Gasteiger partial charge on any atom is 0.257 e. The number of para-hydroxylation sites is 1. The molecule has 0 aliphatic carbocycles. The molecule has 6 heteroatoms. The third-order valence-electron chi connectivity index (χ3n) is 4.06. The van der Waals surface area contributed by atoms with E-state index in [0.717, 1.165) is 25.1 Å². The van der Waals surface area contributed by atoms with Gasteiger partial charge in [-0.3, -0.25) is 4.79 Å². The van der Waals surface area contributed by atoms with Crippen LogP contribution in [0.25, 0.3) is 0 Å². The molecule has 1 saturated heterocycles. The summed E-state index contributed by atoms with van der Waals surface area (Å²) in [6, 6.07) is 11.0. The van der Waals surface area contributed by atoms with Gasteiger partial charge in [-0.25, -0.2) is 0 Å². The van der Waals surface area contributed by atoms with Crippen molar-refractivity contribution in [2.24, 2.45) is 0 Å². The molecule has 1 unspecified atom stereocenters. The highest BCUT2D eigenvalue weighted by molar-refractivity contribution is 5.97. The lowest BCUT2D eigenvalue weighted by Gasteiger charge is -2.32. The molecule has 24 heavy (non-hydrogen) atoms. The number of ether oxygens (including phenoxy) is 2. The van der Waals surface area contributed by atoms with Crippen LogP contribution in [0.15, 0.2) is 36.4 Å². The zero-order chi connectivity index (χ0) is 16.9. The number of hydrogen-bond acceptors (Lipinski definition) is 5. The first-order valence-electron chi connectivity index (χ1n) is 8.06. The van der Waals surface area contributed by atoms with Gasteiger partial charge in [0.05, 0.1) is 24.9 Å². The average Bonchev–Trinajstić information content (AvgIpc) is 2.63. The van der Waals surface area contributed by atoms with Crippen LogP contribution in [0.1, 0.15) is 28.9 Å². The summed E-state index contributed by atoms with van der Waals surface area (Å²) in [6.45, 7) is 3.13. The Hall–Kier alpha value is -2.63. The highest BCUT2D eigenvalue weighted by Gasteiger charge is 2.27. The number of hydrogen-bond donors (Lipinski definition) is 0. The van der Waals surface area contributed by atoms with E-state index in [2.05, 4.69) is 10.2 Å². The molecule has 0 bridgehead atoms. The normalized spacial score (nSPS) is 17.4. The highest BCUT2D eigenvalue weighted by Crippen LogP contribution is 2.23. The Bertz CT molecular complexity index is 703. The number of benzene rings is 1. The van der Waals surface area contributed by atoms with Crippen LogP contribution in [0.2, 0.25) is 0 Å². The fraction of sp³-hybridized carbons (Fsp3) is 0.389. The molecule has 2 aromatic rings. The van der Waals surface area contributed by atoms with Crippen LogP contribution in [0, 0.1) is 6.92 Å². The quantitative estimate of drug-likeness (QED) is 0.863. The van der Waals surface area contributed by atoms with Gasteiger partial charge in [0.1, 0.15) is 11.9 Å². The van der Waals surface area contributed by atoms with E-state index in [1.807, 2.05) is 36.1 Å². The molecule has 6 nitrogen and oxygen atoms in total. The molecule has 3 rings (SSSR count). The number of carbonyl (C=O) groups is 1. The molecule has 0 saturated carbocycles. The SMILES string of the molecule is COc1ccccc1C(=O)N1CCCC(Oc2ccc(C)nn2)C1. The maximum atomic E-state index is 12.8. The summed E-state index contributed by atoms with van der Waals surface area (Å²) in [4.78, 5) is 14.6. The van der Waals surface area contributed by atoms with E-state index < -0.39 is 0 Å². The molecule has 126 valence electrons. The monoisotopic (exact) mass is 327 g/mol. The predicted molar refractivity (Wildman–Crippen MR) is 89.3 cm³/mol. The Morgan fingerprint density at radius 1 is 1.21 bits per heavy atom. The van der Waals surface area contributed by atoms with Gasteiger partial charge in [-0.15, -0.1) is 5.10 Å². The van der Waals surface area contributed by atoms with Crippen molar-refractivity contribution in [1.82, 2.24) is 15.1 Å². The van der Waals surface area contributed by atoms with Crippen molar-refractivity contribution in [2.45, 2.75) is 25.9 Å². The first kappa shape index (κ1) is 16.2. The molecule has 1 atom stereocenters. The van der Waals surface area contributed by atoms with Crippen molar-refractivity contribution in [2.75, 3.05) is 20.2 Å². The van der Waals surface area contributed by atoms with Crippen molar-refractivity contribution < 1.29 is 14.3 Å². The fourth-order valence-electron chi connectivity index (χ4n) is 2.83. The van der Waals surface area contributed by atoms with Gasteiger partial charge in [0.2, 0.25) is 5.88 Å². The molecular weight excluding hydrogens is 306 g/mol. The second-order valence-corrected chi connectivity index (χ2v) is 5.85. The summed E-state index contributed by atoms with van der Waals surface area (Å²) in [7, 11) is 1.57. The van der Waals surface area contributed by atoms with Gasteiger partial charge in [-0.2, -0.15) is 5.10 Å². The third-order valence-corrected chi connectivity index (χ3v) is 4.06. The molecule has 0 radical (unpaired) electrons. The van der Waals surface area contributed by atoms with Gasteiger partial charge in [-0.05, 0) is 38.0 Å². The lowest BCUT2D eigenvalue weighted by molar-refractivity contribution is 0.0522. The van der Waals surface area contributed by atoms with Crippen LogP contribution in [-0.4, -0.2) is 47.3 Å². The third kappa shape index (κ3) is 3.64. The average molecular weight is 327 g/mol. The predicted octanol–water partition coefficient (Wildman–Crippen LogP) is 2.48. The van der Waals surface area contributed by atoms with Crippen LogP contribution in [0.3, 0.4) is 0 Å². The number of rotatable bonds is 4. The fourth-order valence-corrected chi connectivity index (χ4v) is 2.83. The molecule has 1 aliphatic rings. The second-order valence-electron chi connectivity index (χ2n) is 5.85. The van der Waals surface area contributed by atoms with E-state index in [4.69, 9.17) is 9.47 Å². The number of piperidine rings is 1. The van der Waals surface area contributed by atoms with Crippen molar-refractivity contribution >= 4 is 5.91 Å². The van der Waals surface area contributed by atoms with Gasteiger partial charge in [0, 0.05) is 12.6 Å². The van der Waals surface area contributed by atoms with Gasteiger partial charge < -0.3 is 14.4 Å². The highest BCUT2D eigenvalue weighted by atomic mass is 16.5. The zero-order valence-corrected chi connectivity index (χ0v) is 13.9. The van der Waals surface area contributed by atoms with Crippen LogP contribution in [0.4, 0.5) is 0 Å². The number of amides is 1. The lowest BCUT2D eigenvalue weighted by Crippen LogP contribution is -2.44. The van der Waals surface area contributed by atoms with Crippen molar-refractivity contribution in [3.8, 4) is 11.6 Å². The van der Waals surface area contributed by atoms with Crippen LogP contribution in [0.5, 0.6) is 11.6 Å². The van der Waals surface area contributed by atoms with Crippen molar-refractivity contribution in [3.63, 3.8) is 0 Å². The van der Waals surface area contributed by atoms with Crippen LogP contribution >= 0.6 is 0 Å². The smallest absolute Gasteiger partial charge is 0.257 e. The summed E-state index contributed by atoms with van der Waals surface area (Å²) < 4.78 is 11.2. The van der Waals surface area contributed by atoms with Crippen LogP contribution in [-0.2, 0) is 0 Å². The molecule has 0 N–H and O–H groups in total. The van der Waals surface area contributed by atoms with Crippen molar-refractivity contribution in [1.29, 1.82) is 0 Å². The van der Waals surface area contributed by atoms with Crippen molar-refractivity contribution in [3.05, 3.63) is 47.7 Å². The molecule has 0 spiro atoms. The summed E-state index contributed by atoms with van der Waals surface area (Å²) in [5, 5.41) is 8.03. The van der Waals surface area contributed by atoms with Gasteiger partial charge in [-0.1, -0.05) is 12.1 Å². The molecule has 1 aliphatic heterocycles. The van der Waals surface area contributed by atoms with Crippen LogP contribution < -0.4 is 9.47 Å².